The Morgan fingerprint density at radius 1 is 1.11 bits per heavy atom. The maximum Gasteiger partial charge on any atom is 0.310 e. The minimum Gasteiger partial charge on any atom is -0.497 e. The summed E-state index contributed by atoms with van der Waals surface area (Å²) in [6.07, 6.45) is 0. The Morgan fingerprint density at radius 2 is 1.68 bits per heavy atom. The fourth-order valence-corrected chi connectivity index (χ4v) is 1.78. The number of carboxylic acids is 1. The van der Waals surface area contributed by atoms with E-state index in [2.05, 4.69) is 0 Å². The third-order valence-electron chi connectivity index (χ3n) is 2.94. The summed E-state index contributed by atoms with van der Waals surface area (Å²) in [6.45, 7) is 5.69. The van der Waals surface area contributed by atoms with Gasteiger partial charge in [0.1, 0.15) is 5.75 Å². The number of carbonyl (C=O) groups is 1. The second kappa shape index (κ2) is 6.78. The summed E-state index contributed by atoms with van der Waals surface area (Å²) in [4.78, 5) is 10.9. The lowest BCUT2D eigenvalue weighted by Crippen LogP contribution is -2.06. The summed E-state index contributed by atoms with van der Waals surface area (Å²) >= 11 is 0. The van der Waals surface area contributed by atoms with Crippen LogP contribution in [0.15, 0.2) is 36.4 Å². The number of benzene rings is 2. The van der Waals surface area contributed by atoms with E-state index in [0.29, 0.717) is 0 Å². The van der Waals surface area contributed by atoms with Crippen LogP contribution in [-0.4, -0.2) is 18.2 Å². The molecule has 0 unspecified atom stereocenters. The Kier molecular flexibility index (Phi) is 5.37. The van der Waals surface area contributed by atoms with Gasteiger partial charge in [0.15, 0.2) is 0 Å². The zero-order chi connectivity index (χ0) is 14.4. The van der Waals surface area contributed by atoms with Crippen molar-refractivity contribution in [2.24, 2.45) is 0 Å². The number of aliphatic carboxylic acids is 1. The van der Waals surface area contributed by atoms with Crippen LogP contribution in [0.1, 0.15) is 32.3 Å². The van der Waals surface area contributed by atoms with Crippen molar-refractivity contribution in [1.29, 1.82) is 0 Å². The normalized spacial score (nSPS) is 11.4. The van der Waals surface area contributed by atoms with Gasteiger partial charge in [-0.15, -0.1) is 0 Å². The third kappa shape index (κ3) is 3.47. The molecule has 0 spiro atoms. The molecule has 0 heterocycles. The fourth-order valence-electron chi connectivity index (χ4n) is 1.78. The Balaban J connectivity index is 0.000000861. The van der Waals surface area contributed by atoms with Gasteiger partial charge in [-0.25, -0.2) is 0 Å². The van der Waals surface area contributed by atoms with E-state index in [-0.39, 0.29) is 0 Å². The number of fused-ring (bicyclic) bond motifs is 1. The molecule has 2 aromatic carbocycles. The largest absolute Gasteiger partial charge is 0.497 e. The maximum atomic E-state index is 10.9. The van der Waals surface area contributed by atoms with E-state index in [1.54, 1.807) is 14.0 Å². The Hall–Kier alpha value is -2.03. The van der Waals surface area contributed by atoms with Crippen molar-refractivity contribution in [2.75, 3.05) is 7.11 Å². The van der Waals surface area contributed by atoms with Gasteiger partial charge in [0.2, 0.25) is 0 Å². The first kappa shape index (κ1) is 15.0. The van der Waals surface area contributed by atoms with Crippen molar-refractivity contribution in [1.82, 2.24) is 0 Å². The minimum absolute atomic E-state index is 0.485. The summed E-state index contributed by atoms with van der Waals surface area (Å²) in [5.74, 6) is -0.490. The molecule has 19 heavy (non-hydrogen) atoms. The lowest BCUT2D eigenvalue weighted by Gasteiger charge is -2.08. The van der Waals surface area contributed by atoms with Gasteiger partial charge in [-0.05, 0) is 35.4 Å². The molecule has 2 rings (SSSR count). The standard InChI is InChI=1S/C14H14O3.C2H6/c1-9(14(15)16)10-3-4-12-8-13(17-2)6-5-11(12)7-10;1-2/h3-9H,1-2H3,(H,15,16);1-2H3/t9-;/m0./s1. The number of hydrogen-bond donors (Lipinski definition) is 1. The van der Waals surface area contributed by atoms with Crippen LogP contribution in [0.2, 0.25) is 0 Å². The van der Waals surface area contributed by atoms with Gasteiger partial charge in [-0.2, -0.15) is 0 Å². The number of rotatable bonds is 3. The number of hydrogen-bond acceptors (Lipinski definition) is 2. The lowest BCUT2D eigenvalue weighted by atomic mass is 9.98. The predicted molar refractivity (Wildman–Crippen MR) is 77.9 cm³/mol. The van der Waals surface area contributed by atoms with E-state index >= 15 is 0 Å². The van der Waals surface area contributed by atoms with Crippen LogP contribution in [0.4, 0.5) is 0 Å². The molecule has 0 amide bonds. The highest BCUT2D eigenvalue weighted by Gasteiger charge is 2.13. The van der Waals surface area contributed by atoms with E-state index in [9.17, 15) is 4.79 Å². The van der Waals surface area contributed by atoms with Gasteiger partial charge in [0.25, 0.3) is 0 Å². The molecule has 1 N–H and O–H groups in total. The lowest BCUT2D eigenvalue weighted by molar-refractivity contribution is -0.138. The summed E-state index contributed by atoms with van der Waals surface area (Å²) < 4.78 is 5.14. The third-order valence-corrected chi connectivity index (χ3v) is 2.94. The highest BCUT2D eigenvalue weighted by molar-refractivity contribution is 5.86. The van der Waals surface area contributed by atoms with Crippen molar-refractivity contribution < 1.29 is 14.6 Å². The topological polar surface area (TPSA) is 46.5 Å². The van der Waals surface area contributed by atoms with Crippen LogP contribution in [0, 0.1) is 0 Å². The molecule has 3 heteroatoms. The summed E-state index contributed by atoms with van der Waals surface area (Å²) in [7, 11) is 1.63. The number of methoxy groups -OCH3 is 1. The van der Waals surface area contributed by atoms with Crippen LogP contribution < -0.4 is 4.74 Å². The second-order valence-electron chi connectivity index (χ2n) is 4.03. The van der Waals surface area contributed by atoms with E-state index in [1.807, 2.05) is 50.2 Å². The average molecular weight is 260 g/mol. The molecule has 0 bridgehead atoms. The molecule has 102 valence electrons. The average Bonchev–Trinajstić information content (AvgIpc) is 2.47. The summed E-state index contributed by atoms with van der Waals surface area (Å²) in [5.41, 5.74) is 0.815. The first-order valence-corrected chi connectivity index (χ1v) is 6.42. The van der Waals surface area contributed by atoms with Crippen LogP contribution in [-0.2, 0) is 4.79 Å². The molecule has 0 fully saturated rings. The van der Waals surface area contributed by atoms with Crippen LogP contribution >= 0.6 is 0 Å². The highest BCUT2D eigenvalue weighted by atomic mass is 16.5. The minimum atomic E-state index is -0.808. The van der Waals surface area contributed by atoms with E-state index < -0.39 is 11.9 Å². The molecule has 0 saturated carbocycles. The first-order valence-electron chi connectivity index (χ1n) is 6.42. The van der Waals surface area contributed by atoms with Gasteiger partial charge in [0.05, 0.1) is 13.0 Å². The van der Waals surface area contributed by atoms with Crippen LogP contribution in [0.25, 0.3) is 10.8 Å². The van der Waals surface area contributed by atoms with Crippen molar-refractivity contribution in [3.63, 3.8) is 0 Å². The van der Waals surface area contributed by atoms with Crippen molar-refractivity contribution in [2.45, 2.75) is 26.7 Å². The molecule has 0 aliphatic heterocycles. The van der Waals surface area contributed by atoms with Gasteiger partial charge < -0.3 is 9.84 Å². The molecule has 1 atom stereocenters. The van der Waals surface area contributed by atoms with Gasteiger partial charge in [-0.3, -0.25) is 4.79 Å². The van der Waals surface area contributed by atoms with Crippen molar-refractivity contribution >= 4 is 16.7 Å². The van der Waals surface area contributed by atoms with E-state index in [4.69, 9.17) is 9.84 Å². The van der Waals surface area contributed by atoms with Crippen molar-refractivity contribution in [3.8, 4) is 5.75 Å². The van der Waals surface area contributed by atoms with Gasteiger partial charge in [0, 0.05) is 0 Å². The molecule has 0 aliphatic carbocycles. The van der Waals surface area contributed by atoms with Gasteiger partial charge >= 0.3 is 5.97 Å². The zero-order valence-electron chi connectivity index (χ0n) is 11.8. The quantitative estimate of drug-likeness (QED) is 0.905. The Labute approximate surface area is 113 Å². The molecule has 0 radical (unpaired) electrons. The van der Waals surface area contributed by atoms with Crippen LogP contribution in [0.3, 0.4) is 0 Å². The first-order chi connectivity index (χ1) is 9.11. The van der Waals surface area contributed by atoms with E-state index in [0.717, 1.165) is 22.1 Å². The Morgan fingerprint density at radius 3 is 2.26 bits per heavy atom. The molecular weight excluding hydrogens is 240 g/mol. The van der Waals surface area contributed by atoms with E-state index in [1.165, 1.54) is 0 Å². The Bertz CT molecular complexity index is 561. The zero-order valence-corrected chi connectivity index (χ0v) is 11.8. The number of ether oxygens (including phenoxy) is 1. The van der Waals surface area contributed by atoms with Crippen molar-refractivity contribution in [3.05, 3.63) is 42.0 Å². The predicted octanol–water partition coefficient (Wildman–Crippen LogP) is 4.06. The molecule has 0 aliphatic rings. The maximum absolute atomic E-state index is 10.9. The SMILES string of the molecule is CC.COc1ccc2cc([C@H](C)C(=O)O)ccc2c1. The second-order valence-corrected chi connectivity index (χ2v) is 4.03. The summed E-state index contributed by atoms with van der Waals surface area (Å²) in [6, 6.07) is 11.4. The molecule has 3 nitrogen and oxygen atoms in total. The van der Waals surface area contributed by atoms with Crippen LogP contribution in [0.5, 0.6) is 5.75 Å². The molecule has 0 saturated heterocycles. The smallest absolute Gasteiger partial charge is 0.310 e. The summed E-state index contributed by atoms with van der Waals surface area (Å²) in [5, 5.41) is 11.0. The highest BCUT2D eigenvalue weighted by Crippen LogP contribution is 2.25. The molecule has 2 aromatic rings. The molecule has 0 aromatic heterocycles. The number of carboxylic acid groups (broad SMARTS) is 1. The fraction of sp³-hybridized carbons (Fsp3) is 0.312. The molecular formula is C16H20O3. The van der Waals surface area contributed by atoms with Gasteiger partial charge in [-0.1, -0.05) is 38.1 Å². The monoisotopic (exact) mass is 260 g/mol.